The molecule has 1 rings (SSSR count). The first-order valence-electron chi connectivity index (χ1n) is 5.79. The molecule has 15 heavy (non-hydrogen) atoms. The van der Waals surface area contributed by atoms with Crippen molar-refractivity contribution in [3.8, 4) is 6.07 Å². The summed E-state index contributed by atoms with van der Waals surface area (Å²) >= 11 is 0. The van der Waals surface area contributed by atoms with Crippen LogP contribution >= 0.6 is 0 Å². The van der Waals surface area contributed by atoms with Gasteiger partial charge in [0.2, 0.25) is 0 Å². The van der Waals surface area contributed by atoms with Crippen LogP contribution in [0.3, 0.4) is 0 Å². The molecule has 0 radical (unpaired) electrons. The molecule has 0 bridgehead atoms. The lowest BCUT2D eigenvalue weighted by Crippen LogP contribution is -2.29. The maximum absolute atomic E-state index is 8.85. The molecule has 2 unspecified atom stereocenters. The third kappa shape index (κ3) is 4.19. The Morgan fingerprint density at radius 1 is 1.53 bits per heavy atom. The van der Waals surface area contributed by atoms with Crippen molar-refractivity contribution in [2.24, 2.45) is 11.3 Å². The molecule has 86 valence electrons. The lowest BCUT2D eigenvalue weighted by atomic mass is 9.91. The van der Waals surface area contributed by atoms with E-state index in [0.717, 1.165) is 32.5 Å². The van der Waals surface area contributed by atoms with E-state index in [1.165, 1.54) is 0 Å². The summed E-state index contributed by atoms with van der Waals surface area (Å²) in [6, 6.07) is 2.31. The molecule has 0 aromatic rings. The zero-order valence-corrected chi connectivity index (χ0v) is 10.0. The monoisotopic (exact) mass is 210 g/mol. The largest absolute Gasteiger partial charge is 0.378 e. The zero-order chi connectivity index (χ0) is 11.3. The van der Waals surface area contributed by atoms with E-state index in [2.05, 4.69) is 18.3 Å². The number of rotatable bonds is 5. The molecule has 0 aliphatic carbocycles. The minimum atomic E-state index is -0.204. The fourth-order valence-electron chi connectivity index (χ4n) is 1.79. The third-order valence-corrected chi connectivity index (χ3v) is 3.17. The molecule has 1 fully saturated rings. The maximum atomic E-state index is 8.85. The van der Waals surface area contributed by atoms with E-state index in [1.54, 1.807) is 0 Å². The highest BCUT2D eigenvalue weighted by Gasteiger charge is 2.23. The van der Waals surface area contributed by atoms with E-state index in [1.807, 2.05) is 13.8 Å². The van der Waals surface area contributed by atoms with Gasteiger partial charge in [-0.15, -0.1) is 0 Å². The van der Waals surface area contributed by atoms with E-state index >= 15 is 0 Å². The number of nitrogens with one attached hydrogen (secondary N) is 1. The second-order valence-electron chi connectivity index (χ2n) is 5.07. The molecule has 1 aliphatic rings. The van der Waals surface area contributed by atoms with Crippen molar-refractivity contribution in [1.82, 2.24) is 5.32 Å². The molecule has 3 heteroatoms. The number of nitriles is 1. The lowest BCUT2D eigenvalue weighted by Gasteiger charge is -2.18. The van der Waals surface area contributed by atoms with Crippen LogP contribution in [0, 0.1) is 22.7 Å². The smallest absolute Gasteiger partial charge is 0.0684 e. The van der Waals surface area contributed by atoms with Crippen molar-refractivity contribution in [3.05, 3.63) is 0 Å². The van der Waals surface area contributed by atoms with Crippen LogP contribution in [0.5, 0.6) is 0 Å². The van der Waals surface area contributed by atoms with Gasteiger partial charge in [0.15, 0.2) is 0 Å². The fraction of sp³-hybridized carbons (Fsp3) is 0.917. The second kappa shape index (κ2) is 5.48. The highest BCUT2D eigenvalue weighted by Crippen LogP contribution is 2.20. The minimum absolute atomic E-state index is 0.204. The van der Waals surface area contributed by atoms with E-state index < -0.39 is 0 Å². The highest BCUT2D eigenvalue weighted by molar-refractivity contribution is 4.91. The van der Waals surface area contributed by atoms with Crippen molar-refractivity contribution in [3.63, 3.8) is 0 Å². The molecular weight excluding hydrogens is 188 g/mol. The molecule has 0 aromatic heterocycles. The van der Waals surface area contributed by atoms with Crippen LogP contribution in [0.25, 0.3) is 0 Å². The van der Waals surface area contributed by atoms with Crippen LogP contribution in [0.2, 0.25) is 0 Å². The Morgan fingerprint density at radius 2 is 2.27 bits per heavy atom. The van der Waals surface area contributed by atoms with Crippen molar-refractivity contribution >= 4 is 0 Å². The van der Waals surface area contributed by atoms with Gasteiger partial charge in [0.1, 0.15) is 0 Å². The summed E-state index contributed by atoms with van der Waals surface area (Å²) in [4.78, 5) is 0. The van der Waals surface area contributed by atoms with Gasteiger partial charge in [0.05, 0.1) is 17.6 Å². The number of nitrogens with zero attached hydrogens (tertiary/aromatic N) is 1. The SMILES string of the molecule is CC1OCCC1CNCCC(C)(C)C#N. The second-order valence-corrected chi connectivity index (χ2v) is 5.07. The molecule has 0 aromatic carbocycles. The highest BCUT2D eigenvalue weighted by atomic mass is 16.5. The average molecular weight is 210 g/mol. The quantitative estimate of drug-likeness (QED) is 0.705. The van der Waals surface area contributed by atoms with Gasteiger partial charge in [0.25, 0.3) is 0 Å². The molecule has 0 amide bonds. The molecule has 1 aliphatic heterocycles. The molecule has 3 nitrogen and oxygen atoms in total. The Morgan fingerprint density at radius 3 is 2.80 bits per heavy atom. The Labute approximate surface area is 92.8 Å². The molecule has 0 saturated carbocycles. The van der Waals surface area contributed by atoms with E-state index in [0.29, 0.717) is 12.0 Å². The van der Waals surface area contributed by atoms with Gasteiger partial charge in [-0.1, -0.05) is 0 Å². The summed E-state index contributed by atoms with van der Waals surface area (Å²) < 4.78 is 5.49. The summed E-state index contributed by atoms with van der Waals surface area (Å²) in [6.07, 6.45) is 2.46. The first-order valence-corrected chi connectivity index (χ1v) is 5.79. The molecule has 1 N–H and O–H groups in total. The van der Waals surface area contributed by atoms with Crippen LogP contribution in [0.4, 0.5) is 0 Å². The van der Waals surface area contributed by atoms with Gasteiger partial charge >= 0.3 is 0 Å². The summed E-state index contributed by atoms with van der Waals surface area (Å²) in [5, 5.41) is 12.3. The van der Waals surface area contributed by atoms with Gasteiger partial charge in [-0.25, -0.2) is 0 Å². The molecular formula is C12H22N2O. The molecule has 2 atom stereocenters. The predicted octanol–water partition coefficient (Wildman–Crippen LogP) is 1.94. The number of hydrogen-bond acceptors (Lipinski definition) is 3. The molecule has 0 spiro atoms. The molecule has 1 saturated heterocycles. The van der Waals surface area contributed by atoms with E-state index in [4.69, 9.17) is 10.00 Å². The Bertz CT molecular complexity index is 232. The summed E-state index contributed by atoms with van der Waals surface area (Å²) in [6.45, 7) is 8.94. The standard InChI is InChI=1S/C12H22N2O/c1-10-11(4-7-15-10)8-14-6-5-12(2,3)9-13/h10-11,14H,4-8H2,1-3H3. The summed E-state index contributed by atoms with van der Waals surface area (Å²) in [5.74, 6) is 0.648. The Hall–Kier alpha value is -0.590. The van der Waals surface area contributed by atoms with Gasteiger partial charge in [-0.3, -0.25) is 0 Å². The fourth-order valence-corrected chi connectivity index (χ4v) is 1.79. The number of ether oxygens (including phenoxy) is 1. The zero-order valence-electron chi connectivity index (χ0n) is 10.0. The van der Waals surface area contributed by atoms with Crippen LogP contribution in [0.1, 0.15) is 33.6 Å². The lowest BCUT2D eigenvalue weighted by molar-refractivity contribution is 0.105. The number of hydrogen-bond donors (Lipinski definition) is 1. The first-order chi connectivity index (χ1) is 7.05. The van der Waals surface area contributed by atoms with Crippen LogP contribution < -0.4 is 5.32 Å². The van der Waals surface area contributed by atoms with Crippen molar-refractivity contribution < 1.29 is 4.74 Å². The van der Waals surface area contributed by atoms with E-state index in [9.17, 15) is 0 Å². The summed E-state index contributed by atoms with van der Waals surface area (Å²) in [5.41, 5.74) is -0.204. The van der Waals surface area contributed by atoms with Crippen LogP contribution in [-0.4, -0.2) is 25.8 Å². The van der Waals surface area contributed by atoms with Crippen molar-refractivity contribution in [2.75, 3.05) is 19.7 Å². The Balaban J connectivity index is 2.09. The maximum Gasteiger partial charge on any atom is 0.0684 e. The normalized spacial score (nSPS) is 26.5. The first kappa shape index (κ1) is 12.5. The van der Waals surface area contributed by atoms with Crippen LogP contribution in [-0.2, 0) is 4.74 Å². The average Bonchev–Trinajstić information content (AvgIpc) is 2.59. The van der Waals surface area contributed by atoms with Gasteiger partial charge in [-0.2, -0.15) is 5.26 Å². The minimum Gasteiger partial charge on any atom is -0.378 e. The van der Waals surface area contributed by atoms with Gasteiger partial charge in [0, 0.05) is 13.2 Å². The predicted molar refractivity (Wildman–Crippen MR) is 60.4 cm³/mol. The van der Waals surface area contributed by atoms with E-state index in [-0.39, 0.29) is 5.41 Å². The topological polar surface area (TPSA) is 45.0 Å². The van der Waals surface area contributed by atoms with Crippen molar-refractivity contribution in [1.29, 1.82) is 5.26 Å². The van der Waals surface area contributed by atoms with Crippen LogP contribution in [0.15, 0.2) is 0 Å². The van der Waals surface area contributed by atoms with Gasteiger partial charge in [-0.05, 0) is 46.1 Å². The van der Waals surface area contributed by atoms with Crippen molar-refractivity contribution in [2.45, 2.75) is 39.7 Å². The molecule has 1 heterocycles. The Kier molecular flexibility index (Phi) is 4.56. The third-order valence-electron chi connectivity index (χ3n) is 3.17. The summed E-state index contributed by atoms with van der Waals surface area (Å²) in [7, 11) is 0. The van der Waals surface area contributed by atoms with Gasteiger partial charge < -0.3 is 10.1 Å².